The fourth-order valence-electron chi connectivity index (χ4n) is 1.81. The third-order valence-corrected chi connectivity index (χ3v) is 3.15. The molecule has 2 amide bonds. The van der Waals surface area contributed by atoms with E-state index in [1.165, 1.54) is 0 Å². The molecule has 0 bridgehead atoms. The number of anilines is 1. The van der Waals surface area contributed by atoms with Gasteiger partial charge in [0.1, 0.15) is 6.10 Å². The van der Waals surface area contributed by atoms with Gasteiger partial charge in [0.15, 0.2) is 5.84 Å². The molecule has 1 aromatic rings. The predicted octanol–water partition coefficient (Wildman–Crippen LogP) is 1.32. The van der Waals surface area contributed by atoms with Gasteiger partial charge >= 0.3 is 6.03 Å². The largest absolute Gasteiger partial charge is 0.409 e. The summed E-state index contributed by atoms with van der Waals surface area (Å²) in [4.78, 5) is 13.6. The van der Waals surface area contributed by atoms with Crippen LogP contribution in [0.5, 0.6) is 0 Å². The fraction of sp³-hybridized carbons (Fsp3) is 0.333. The molecule has 1 aliphatic heterocycles. The van der Waals surface area contributed by atoms with Crippen molar-refractivity contribution in [2.75, 3.05) is 25.0 Å². The Morgan fingerprint density at radius 2 is 2.20 bits per heavy atom. The van der Waals surface area contributed by atoms with Crippen LogP contribution in [0.15, 0.2) is 29.4 Å². The molecule has 1 saturated heterocycles. The number of hydrogen-bond acceptors (Lipinski definition) is 4. The molecule has 0 radical (unpaired) electrons. The van der Waals surface area contributed by atoms with Gasteiger partial charge in [0.25, 0.3) is 0 Å². The van der Waals surface area contributed by atoms with E-state index in [1.807, 2.05) is 0 Å². The maximum absolute atomic E-state index is 12.1. The molecule has 1 unspecified atom stereocenters. The highest BCUT2D eigenvalue weighted by Crippen LogP contribution is 2.14. The van der Waals surface area contributed by atoms with Gasteiger partial charge in [-0.25, -0.2) is 4.79 Å². The predicted molar refractivity (Wildman–Crippen MR) is 75.2 cm³/mol. The summed E-state index contributed by atoms with van der Waals surface area (Å²) in [5.74, 6) is -0.0472. The number of carbonyl (C=O) groups is 1. The molecule has 0 saturated carbocycles. The van der Waals surface area contributed by atoms with Crippen molar-refractivity contribution in [1.82, 2.24) is 4.90 Å². The second kappa shape index (κ2) is 6.44. The van der Waals surface area contributed by atoms with E-state index >= 15 is 0 Å². The molecule has 4 N–H and O–H groups in total. The summed E-state index contributed by atoms with van der Waals surface area (Å²) in [6, 6.07) is 6.53. The Hall–Kier alpha value is -1.99. The standard InChI is InChI=1S/C12H15ClN4O3/c13-8-1-3-9(4-2-8)15-12(18)17-5-6-20-10(7-17)11(14)16-19/h1-4,10,19H,5-7H2,(H2,14,16)(H,15,18). The lowest BCUT2D eigenvalue weighted by Crippen LogP contribution is -2.51. The molecule has 1 aromatic carbocycles. The number of benzene rings is 1. The van der Waals surface area contributed by atoms with Crippen molar-refractivity contribution >= 4 is 29.2 Å². The summed E-state index contributed by atoms with van der Waals surface area (Å²) in [5.41, 5.74) is 6.13. The van der Waals surface area contributed by atoms with Gasteiger partial charge in [-0.1, -0.05) is 16.8 Å². The van der Waals surface area contributed by atoms with E-state index in [0.29, 0.717) is 23.9 Å². The Kier molecular flexibility index (Phi) is 4.65. The molecule has 20 heavy (non-hydrogen) atoms. The number of amidine groups is 1. The lowest BCUT2D eigenvalue weighted by atomic mass is 10.2. The van der Waals surface area contributed by atoms with Crippen LogP contribution in [0.25, 0.3) is 0 Å². The summed E-state index contributed by atoms with van der Waals surface area (Å²) in [6.07, 6.45) is -0.593. The van der Waals surface area contributed by atoms with Crippen molar-refractivity contribution in [2.24, 2.45) is 10.9 Å². The first-order chi connectivity index (χ1) is 9.60. The number of nitrogens with one attached hydrogen (secondary N) is 1. The molecule has 1 aliphatic rings. The van der Waals surface area contributed by atoms with Gasteiger partial charge in [0, 0.05) is 17.3 Å². The van der Waals surface area contributed by atoms with Gasteiger partial charge in [-0.2, -0.15) is 0 Å². The molecule has 1 atom stereocenters. The van der Waals surface area contributed by atoms with Gasteiger partial charge in [-0.05, 0) is 24.3 Å². The Labute approximate surface area is 120 Å². The zero-order valence-electron chi connectivity index (χ0n) is 10.6. The molecule has 1 fully saturated rings. The van der Waals surface area contributed by atoms with Crippen LogP contribution < -0.4 is 11.1 Å². The van der Waals surface area contributed by atoms with E-state index in [2.05, 4.69) is 10.5 Å². The summed E-state index contributed by atoms with van der Waals surface area (Å²) in [6.45, 7) is 0.999. The van der Waals surface area contributed by atoms with Crippen LogP contribution in [0, 0.1) is 0 Å². The number of nitrogens with two attached hydrogens (primary N) is 1. The third-order valence-electron chi connectivity index (χ3n) is 2.89. The molecule has 1 heterocycles. The van der Waals surface area contributed by atoms with Gasteiger partial charge in [-0.3, -0.25) is 0 Å². The van der Waals surface area contributed by atoms with E-state index in [1.54, 1.807) is 29.2 Å². The average Bonchev–Trinajstić information content (AvgIpc) is 2.49. The normalized spacial score (nSPS) is 19.8. The van der Waals surface area contributed by atoms with Crippen molar-refractivity contribution in [2.45, 2.75) is 6.10 Å². The van der Waals surface area contributed by atoms with Gasteiger partial charge in [0.2, 0.25) is 0 Å². The first kappa shape index (κ1) is 14.4. The lowest BCUT2D eigenvalue weighted by Gasteiger charge is -2.32. The smallest absolute Gasteiger partial charge is 0.322 e. The SMILES string of the molecule is NC(=NO)C1CN(C(=O)Nc2ccc(Cl)cc2)CCO1. The molecule has 0 spiro atoms. The van der Waals surface area contributed by atoms with Crippen molar-refractivity contribution in [1.29, 1.82) is 0 Å². The second-order valence-corrected chi connectivity index (χ2v) is 4.70. The number of halogens is 1. The minimum Gasteiger partial charge on any atom is -0.409 e. The third kappa shape index (κ3) is 3.52. The number of urea groups is 1. The molecule has 7 nitrogen and oxygen atoms in total. The van der Waals surface area contributed by atoms with Crippen molar-refractivity contribution in [3.63, 3.8) is 0 Å². The lowest BCUT2D eigenvalue weighted by molar-refractivity contribution is 0.0223. The maximum Gasteiger partial charge on any atom is 0.322 e. The van der Waals surface area contributed by atoms with Crippen LogP contribution in [-0.2, 0) is 4.74 Å². The van der Waals surface area contributed by atoms with Crippen LogP contribution in [0.1, 0.15) is 0 Å². The van der Waals surface area contributed by atoms with Crippen molar-refractivity contribution in [3.05, 3.63) is 29.3 Å². The van der Waals surface area contributed by atoms with Crippen LogP contribution in [-0.4, -0.2) is 47.8 Å². The van der Waals surface area contributed by atoms with E-state index < -0.39 is 6.10 Å². The molecule has 8 heteroatoms. The average molecular weight is 299 g/mol. The molecule has 0 aromatic heterocycles. The Morgan fingerprint density at radius 1 is 1.50 bits per heavy atom. The number of rotatable bonds is 2. The zero-order valence-corrected chi connectivity index (χ0v) is 11.4. The molecule has 0 aliphatic carbocycles. The van der Waals surface area contributed by atoms with E-state index in [0.717, 1.165) is 0 Å². The van der Waals surface area contributed by atoms with Crippen molar-refractivity contribution < 1.29 is 14.7 Å². The van der Waals surface area contributed by atoms with Crippen molar-refractivity contribution in [3.8, 4) is 0 Å². The topological polar surface area (TPSA) is 100 Å². The second-order valence-electron chi connectivity index (χ2n) is 4.27. The number of ether oxygens (including phenoxy) is 1. The number of nitrogens with zero attached hydrogens (tertiary/aromatic N) is 2. The Morgan fingerprint density at radius 3 is 2.85 bits per heavy atom. The van der Waals surface area contributed by atoms with Gasteiger partial charge < -0.3 is 25.9 Å². The summed E-state index contributed by atoms with van der Waals surface area (Å²) in [7, 11) is 0. The zero-order chi connectivity index (χ0) is 14.5. The number of morpholine rings is 1. The van der Waals surface area contributed by atoms with Gasteiger partial charge in [0.05, 0.1) is 13.2 Å². The highest BCUT2D eigenvalue weighted by Gasteiger charge is 2.27. The van der Waals surface area contributed by atoms with Crippen LogP contribution in [0.4, 0.5) is 10.5 Å². The minimum absolute atomic E-state index is 0.0472. The highest BCUT2D eigenvalue weighted by atomic mass is 35.5. The monoisotopic (exact) mass is 298 g/mol. The van der Waals surface area contributed by atoms with E-state index in [4.69, 9.17) is 27.3 Å². The number of amides is 2. The van der Waals surface area contributed by atoms with Gasteiger partial charge in [-0.15, -0.1) is 0 Å². The minimum atomic E-state index is -0.593. The van der Waals surface area contributed by atoms with Crippen LogP contribution in [0.2, 0.25) is 5.02 Å². The molecular weight excluding hydrogens is 284 g/mol. The van der Waals surface area contributed by atoms with Crippen LogP contribution >= 0.6 is 11.6 Å². The molecule has 2 rings (SSSR count). The van der Waals surface area contributed by atoms with E-state index in [-0.39, 0.29) is 18.4 Å². The quantitative estimate of drug-likeness (QED) is 0.332. The Balaban J connectivity index is 1.96. The number of hydrogen-bond donors (Lipinski definition) is 3. The Bertz CT molecular complexity index is 506. The highest BCUT2D eigenvalue weighted by molar-refractivity contribution is 6.30. The first-order valence-corrected chi connectivity index (χ1v) is 6.38. The number of oxime groups is 1. The molecule has 108 valence electrons. The fourth-order valence-corrected chi connectivity index (χ4v) is 1.94. The van der Waals surface area contributed by atoms with Crippen LogP contribution in [0.3, 0.4) is 0 Å². The first-order valence-electron chi connectivity index (χ1n) is 6.00. The maximum atomic E-state index is 12.1. The summed E-state index contributed by atoms with van der Waals surface area (Å²) in [5, 5.41) is 14.9. The van der Waals surface area contributed by atoms with E-state index in [9.17, 15) is 4.79 Å². The summed E-state index contributed by atoms with van der Waals surface area (Å²) < 4.78 is 5.32. The molecular formula is C12H15ClN4O3. The number of carbonyl (C=O) groups excluding carboxylic acids is 1. The summed E-state index contributed by atoms with van der Waals surface area (Å²) >= 11 is 5.78.